The van der Waals surface area contributed by atoms with Gasteiger partial charge in [0.1, 0.15) is 0 Å². The Morgan fingerprint density at radius 1 is 1.40 bits per heavy atom. The van der Waals surface area contributed by atoms with Crippen LogP contribution in [0.25, 0.3) is 0 Å². The number of piperidine rings is 1. The topological polar surface area (TPSA) is 87.5 Å². The van der Waals surface area contributed by atoms with Crippen molar-refractivity contribution < 1.29 is 9.59 Å². The van der Waals surface area contributed by atoms with E-state index in [0.717, 1.165) is 25.9 Å². The molecule has 0 aromatic carbocycles. The van der Waals surface area contributed by atoms with Crippen LogP contribution in [0, 0.1) is 0 Å². The minimum Gasteiger partial charge on any atom is -0.392 e. The molecule has 0 spiro atoms. The van der Waals surface area contributed by atoms with Crippen LogP contribution in [0.4, 0.5) is 4.79 Å². The smallest absolute Gasteiger partial charge is 0.321 e. The van der Waals surface area contributed by atoms with Crippen molar-refractivity contribution in [2.24, 2.45) is 5.73 Å². The zero-order valence-electron chi connectivity index (χ0n) is 12.1. The normalized spacial score (nSPS) is 19.9. The van der Waals surface area contributed by atoms with Gasteiger partial charge in [0.05, 0.1) is 15.8 Å². The number of nitrogens with two attached hydrogens (primary N) is 1. The number of rotatable bonds is 4. The van der Waals surface area contributed by atoms with Gasteiger partial charge in [-0.1, -0.05) is 12.2 Å². The van der Waals surface area contributed by atoms with E-state index < -0.39 is 6.03 Å². The molecule has 1 atom stereocenters. The molecule has 0 bridgehead atoms. The molecule has 1 aliphatic rings. The Balaban J connectivity index is 2.58. The van der Waals surface area contributed by atoms with E-state index in [2.05, 4.69) is 10.6 Å². The third kappa shape index (κ3) is 3.83. The summed E-state index contributed by atoms with van der Waals surface area (Å²) < 4.78 is -0.164. The van der Waals surface area contributed by atoms with Gasteiger partial charge in [-0.15, -0.1) is 0 Å². The van der Waals surface area contributed by atoms with Crippen LogP contribution in [0.15, 0.2) is 0 Å². The predicted octanol–water partition coefficient (Wildman–Crippen LogP) is 0.314. The molecule has 1 saturated heterocycles. The minimum absolute atomic E-state index is 0.164. The van der Waals surface area contributed by atoms with Gasteiger partial charge in [0.2, 0.25) is 5.91 Å². The fourth-order valence-corrected chi connectivity index (χ4v) is 3.51. The van der Waals surface area contributed by atoms with Crippen molar-refractivity contribution in [2.45, 2.75) is 30.6 Å². The highest BCUT2D eigenvalue weighted by Crippen LogP contribution is 2.35. The largest absolute Gasteiger partial charge is 0.392 e. The van der Waals surface area contributed by atoms with Crippen molar-refractivity contribution in [3.8, 4) is 0 Å². The van der Waals surface area contributed by atoms with Gasteiger partial charge in [-0.25, -0.2) is 4.79 Å². The molecule has 1 fully saturated rings. The SMILES string of the molecule is CNC(=O)NC(=O)C(C)N1CCC(SC)(C(N)=S)CC1. The fraction of sp³-hybridized carbons (Fsp3) is 0.750. The zero-order chi connectivity index (χ0) is 15.3. The second-order valence-corrected chi connectivity index (χ2v) is 6.47. The number of likely N-dealkylation sites (tertiary alicyclic amines) is 1. The molecule has 0 aliphatic carbocycles. The molecule has 0 aromatic rings. The Bertz CT molecular complexity index is 395. The van der Waals surface area contributed by atoms with E-state index in [4.69, 9.17) is 18.0 Å². The maximum absolute atomic E-state index is 11.9. The van der Waals surface area contributed by atoms with Crippen molar-refractivity contribution in [3.63, 3.8) is 0 Å². The zero-order valence-corrected chi connectivity index (χ0v) is 13.7. The monoisotopic (exact) mass is 318 g/mol. The molecule has 0 radical (unpaired) electrons. The fourth-order valence-electron chi connectivity index (χ4n) is 2.27. The number of nitrogens with one attached hydrogen (secondary N) is 2. The molecule has 0 aromatic heterocycles. The standard InChI is InChI=1S/C12H22N4O2S2/c1-8(9(17)15-11(18)14-2)16-6-4-12(20-3,5-7-16)10(13)19/h8H,4-7H2,1-3H3,(H2,13,19)(H2,14,15,17,18). The predicted molar refractivity (Wildman–Crippen MR) is 85.9 cm³/mol. The van der Waals surface area contributed by atoms with Gasteiger partial charge >= 0.3 is 6.03 Å². The van der Waals surface area contributed by atoms with Gasteiger partial charge < -0.3 is 11.1 Å². The van der Waals surface area contributed by atoms with Gasteiger partial charge in [-0.2, -0.15) is 11.8 Å². The van der Waals surface area contributed by atoms with Crippen LogP contribution in [-0.4, -0.2) is 59.0 Å². The highest BCUT2D eigenvalue weighted by Gasteiger charge is 2.38. The average Bonchev–Trinajstić information content (AvgIpc) is 2.46. The molecule has 8 heteroatoms. The quantitative estimate of drug-likeness (QED) is 0.647. The van der Waals surface area contributed by atoms with Crippen molar-refractivity contribution in [3.05, 3.63) is 0 Å². The Morgan fingerprint density at radius 3 is 2.35 bits per heavy atom. The Kier molecular flexibility index (Phi) is 6.22. The second-order valence-electron chi connectivity index (χ2n) is 4.84. The van der Waals surface area contributed by atoms with E-state index in [1.54, 1.807) is 18.7 Å². The molecule has 1 unspecified atom stereocenters. The number of thioether (sulfide) groups is 1. The first-order chi connectivity index (χ1) is 9.36. The summed E-state index contributed by atoms with van der Waals surface area (Å²) >= 11 is 6.84. The van der Waals surface area contributed by atoms with E-state index >= 15 is 0 Å². The number of hydrogen-bond donors (Lipinski definition) is 3. The van der Waals surface area contributed by atoms with Gasteiger partial charge in [0.25, 0.3) is 0 Å². The Morgan fingerprint density at radius 2 is 1.95 bits per heavy atom. The van der Waals surface area contributed by atoms with E-state index in [-0.39, 0.29) is 16.7 Å². The molecule has 3 amide bonds. The molecular formula is C12H22N4O2S2. The van der Waals surface area contributed by atoms with Crippen LogP contribution in [0.2, 0.25) is 0 Å². The third-order valence-corrected chi connectivity index (χ3v) is 5.77. The Hall–Kier alpha value is -0.860. The number of carbonyl (C=O) groups excluding carboxylic acids is 2. The van der Waals surface area contributed by atoms with E-state index in [0.29, 0.717) is 4.99 Å². The third-order valence-electron chi connectivity index (χ3n) is 3.84. The molecule has 1 aliphatic heterocycles. The van der Waals surface area contributed by atoms with Crippen LogP contribution in [-0.2, 0) is 4.79 Å². The second kappa shape index (κ2) is 7.24. The molecule has 0 saturated carbocycles. The number of imide groups is 1. The van der Waals surface area contributed by atoms with E-state index in [1.807, 2.05) is 11.2 Å². The van der Waals surface area contributed by atoms with Crippen LogP contribution in [0.3, 0.4) is 0 Å². The number of urea groups is 1. The molecule has 4 N–H and O–H groups in total. The summed E-state index contributed by atoms with van der Waals surface area (Å²) in [6.45, 7) is 3.27. The maximum atomic E-state index is 11.9. The van der Waals surface area contributed by atoms with Crippen molar-refractivity contribution in [1.82, 2.24) is 15.5 Å². The van der Waals surface area contributed by atoms with Crippen LogP contribution in [0.5, 0.6) is 0 Å². The van der Waals surface area contributed by atoms with Crippen molar-refractivity contribution in [2.75, 3.05) is 26.4 Å². The Labute approximate surface area is 129 Å². The molecule has 1 rings (SSSR count). The maximum Gasteiger partial charge on any atom is 0.321 e. The van der Waals surface area contributed by atoms with Gasteiger partial charge in [-0.05, 0) is 26.0 Å². The average molecular weight is 318 g/mol. The first-order valence-electron chi connectivity index (χ1n) is 6.48. The highest BCUT2D eigenvalue weighted by molar-refractivity contribution is 8.02. The lowest BCUT2D eigenvalue weighted by molar-refractivity contribution is -0.125. The van der Waals surface area contributed by atoms with Gasteiger partial charge in [-0.3, -0.25) is 15.0 Å². The summed E-state index contributed by atoms with van der Waals surface area (Å²) in [6, 6.07) is -0.834. The minimum atomic E-state index is -0.486. The number of hydrogen-bond acceptors (Lipinski definition) is 5. The summed E-state index contributed by atoms with van der Waals surface area (Å²) in [5.74, 6) is -0.295. The molecule has 1 heterocycles. The lowest BCUT2D eigenvalue weighted by atomic mass is 9.94. The van der Waals surface area contributed by atoms with Crippen LogP contribution < -0.4 is 16.4 Å². The van der Waals surface area contributed by atoms with Gasteiger partial charge in [0, 0.05) is 20.1 Å². The number of carbonyl (C=O) groups is 2. The molecule has 6 nitrogen and oxygen atoms in total. The highest BCUT2D eigenvalue weighted by atomic mass is 32.2. The molecule has 20 heavy (non-hydrogen) atoms. The lowest BCUT2D eigenvalue weighted by Gasteiger charge is -2.41. The summed E-state index contributed by atoms with van der Waals surface area (Å²) in [5, 5.41) is 4.66. The molecular weight excluding hydrogens is 296 g/mol. The number of nitrogens with zero attached hydrogens (tertiary/aromatic N) is 1. The van der Waals surface area contributed by atoms with Crippen molar-refractivity contribution in [1.29, 1.82) is 0 Å². The number of thiocarbonyl (C=S) groups is 1. The van der Waals surface area contributed by atoms with Crippen LogP contribution >= 0.6 is 24.0 Å². The van der Waals surface area contributed by atoms with Gasteiger partial charge in [0.15, 0.2) is 0 Å². The summed E-state index contributed by atoms with van der Waals surface area (Å²) in [6.07, 6.45) is 3.65. The van der Waals surface area contributed by atoms with E-state index in [9.17, 15) is 9.59 Å². The first-order valence-corrected chi connectivity index (χ1v) is 8.11. The summed E-state index contributed by atoms with van der Waals surface area (Å²) in [4.78, 5) is 25.6. The molecule has 114 valence electrons. The summed E-state index contributed by atoms with van der Waals surface area (Å²) in [5.41, 5.74) is 5.84. The van der Waals surface area contributed by atoms with Crippen molar-refractivity contribution >= 4 is 40.9 Å². The summed E-state index contributed by atoms with van der Waals surface area (Å²) in [7, 11) is 1.48. The van der Waals surface area contributed by atoms with Crippen LogP contribution in [0.1, 0.15) is 19.8 Å². The lowest BCUT2D eigenvalue weighted by Crippen LogP contribution is -2.55. The first kappa shape index (κ1) is 17.2. The van der Waals surface area contributed by atoms with E-state index in [1.165, 1.54) is 7.05 Å². The number of amides is 3.